The van der Waals surface area contributed by atoms with Crippen LogP contribution < -0.4 is 16.2 Å². The molecule has 0 spiro atoms. The van der Waals surface area contributed by atoms with Gasteiger partial charge in [0, 0.05) is 49.2 Å². The molecule has 9 heteroatoms. The maximum absolute atomic E-state index is 13.2. The van der Waals surface area contributed by atoms with Gasteiger partial charge in [-0.1, -0.05) is 18.6 Å². The minimum absolute atomic E-state index is 0.0933. The average molecular weight is 570 g/mol. The number of nitrogens with one attached hydrogen (secondary N) is 2. The Morgan fingerprint density at radius 1 is 1.07 bits per heavy atom. The smallest absolute Gasteiger partial charge is 0.274 e. The van der Waals surface area contributed by atoms with Gasteiger partial charge in [-0.2, -0.15) is 0 Å². The summed E-state index contributed by atoms with van der Waals surface area (Å²) in [5.41, 5.74) is 5.31. The molecule has 2 amide bonds. The lowest BCUT2D eigenvalue weighted by Gasteiger charge is -2.15. The molecule has 0 aliphatic heterocycles. The Balaban J connectivity index is 1.38. The number of rotatable bonds is 7. The fourth-order valence-corrected chi connectivity index (χ4v) is 6.24. The minimum Gasteiger partial charge on any atom is -0.342 e. The second-order valence-electron chi connectivity index (χ2n) is 10.5. The summed E-state index contributed by atoms with van der Waals surface area (Å²) in [6, 6.07) is 13.0. The summed E-state index contributed by atoms with van der Waals surface area (Å²) in [4.78, 5) is 46.6. The zero-order chi connectivity index (χ0) is 29.1. The average Bonchev–Trinajstić information content (AvgIpc) is 3.26. The number of amides is 2. The maximum Gasteiger partial charge on any atom is 0.274 e. The van der Waals surface area contributed by atoms with Crippen molar-refractivity contribution in [2.45, 2.75) is 46.0 Å². The van der Waals surface area contributed by atoms with Gasteiger partial charge in [-0.25, -0.2) is 4.98 Å². The minimum atomic E-state index is -0.207. The molecule has 0 saturated carbocycles. The summed E-state index contributed by atoms with van der Waals surface area (Å²) in [7, 11) is 3.44. The number of anilines is 3. The maximum atomic E-state index is 13.2. The molecule has 5 rings (SSSR count). The summed E-state index contributed by atoms with van der Waals surface area (Å²) in [5.74, 6) is 0.257. The molecule has 0 fully saturated rings. The van der Waals surface area contributed by atoms with Crippen LogP contribution in [0.1, 0.15) is 62.2 Å². The van der Waals surface area contributed by atoms with Crippen LogP contribution in [-0.4, -0.2) is 39.9 Å². The molecule has 1 aliphatic carbocycles. The van der Waals surface area contributed by atoms with E-state index in [4.69, 9.17) is 0 Å². The normalized spacial score (nSPS) is 12.8. The highest BCUT2D eigenvalue weighted by Gasteiger charge is 2.18. The first-order valence-electron chi connectivity index (χ1n) is 14.0. The van der Waals surface area contributed by atoms with E-state index in [1.807, 2.05) is 32.0 Å². The van der Waals surface area contributed by atoms with Crippen LogP contribution in [0.15, 0.2) is 59.7 Å². The molecule has 2 N–H and O–H groups in total. The zero-order valence-corrected chi connectivity index (χ0v) is 24.7. The number of hydrogen-bond acceptors (Lipinski definition) is 6. The molecule has 3 aromatic heterocycles. The lowest BCUT2D eigenvalue weighted by molar-refractivity contribution is 0.0802. The summed E-state index contributed by atoms with van der Waals surface area (Å²) in [5, 5.41) is 6.23. The quantitative estimate of drug-likeness (QED) is 0.259. The fraction of sp³-hybridized carbons (Fsp3) is 0.312. The van der Waals surface area contributed by atoms with E-state index < -0.39 is 0 Å². The van der Waals surface area contributed by atoms with E-state index in [9.17, 15) is 14.4 Å². The third-order valence-electron chi connectivity index (χ3n) is 7.64. The van der Waals surface area contributed by atoms with E-state index in [1.165, 1.54) is 40.5 Å². The van der Waals surface area contributed by atoms with Gasteiger partial charge in [0.2, 0.25) is 0 Å². The molecule has 0 atom stereocenters. The van der Waals surface area contributed by atoms with Crippen LogP contribution in [0.3, 0.4) is 0 Å². The van der Waals surface area contributed by atoms with Crippen LogP contribution in [0.4, 0.5) is 17.2 Å². The molecule has 41 heavy (non-hydrogen) atoms. The number of nitrogens with zero attached hydrogens (tertiary/aromatic N) is 3. The Kier molecular flexibility index (Phi) is 8.35. The number of hydrogen-bond donors (Lipinski definition) is 2. The number of carbonyl (C=O) groups excluding carboxylic acids is 2. The molecule has 1 aromatic carbocycles. The molecule has 0 radical (unpaired) electrons. The van der Waals surface area contributed by atoms with E-state index in [0.29, 0.717) is 23.6 Å². The van der Waals surface area contributed by atoms with Gasteiger partial charge in [-0.05, 0) is 86.6 Å². The number of thiophene rings is 1. The number of aromatic nitrogens is 2. The van der Waals surface area contributed by atoms with Crippen molar-refractivity contribution in [2.75, 3.05) is 24.2 Å². The van der Waals surface area contributed by atoms with Crippen molar-refractivity contribution in [3.8, 4) is 11.1 Å². The Bertz CT molecular complexity index is 1630. The monoisotopic (exact) mass is 569 g/mol. The molecular formula is C32H35N5O3S. The van der Waals surface area contributed by atoms with Crippen LogP contribution in [0.2, 0.25) is 0 Å². The van der Waals surface area contributed by atoms with Gasteiger partial charge in [-0.15, -0.1) is 11.3 Å². The predicted molar refractivity (Wildman–Crippen MR) is 166 cm³/mol. The Morgan fingerprint density at radius 2 is 1.88 bits per heavy atom. The molecule has 0 unspecified atom stereocenters. The second-order valence-corrected chi connectivity index (χ2v) is 11.6. The zero-order valence-electron chi connectivity index (χ0n) is 23.9. The van der Waals surface area contributed by atoms with Crippen LogP contribution in [0.5, 0.6) is 0 Å². The molecule has 0 saturated heterocycles. The first-order chi connectivity index (χ1) is 19.7. The molecule has 4 aromatic rings. The third kappa shape index (κ3) is 6.10. The second kappa shape index (κ2) is 12.1. The number of pyridine rings is 2. The summed E-state index contributed by atoms with van der Waals surface area (Å²) in [6.07, 6.45) is 9.01. The highest BCUT2D eigenvalue weighted by Crippen LogP contribution is 2.32. The van der Waals surface area contributed by atoms with Crippen LogP contribution in [0.25, 0.3) is 11.1 Å². The first-order valence-corrected chi connectivity index (χ1v) is 14.8. The van der Waals surface area contributed by atoms with Crippen molar-refractivity contribution < 1.29 is 9.59 Å². The van der Waals surface area contributed by atoms with E-state index >= 15 is 0 Å². The number of aryl methyl sites for hydroxylation is 3. The fourth-order valence-electron chi connectivity index (χ4n) is 5.09. The molecule has 3 heterocycles. The van der Waals surface area contributed by atoms with Crippen molar-refractivity contribution in [3.05, 3.63) is 91.7 Å². The third-order valence-corrected chi connectivity index (χ3v) is 8.88. The number of fused-ring (bicyclic) bond motifs is 1. The highest BCUT2D eigenvalue weighted by atomic mass is 32.1. The lowest BCUT2D eigenvalue weighted by atomic mass is 10.00. The molecule has 212 valence electrons. The van der Waals surface area contributed by atoms with E-state index in [2.05, 4.69) is 21.7 Å². The summed E-state index contributed by atoms with van der Waals surface area (Å²) >= 11 is 1.61. The van der Waals surface area contributed by atoms with Crippen molar-refractivity contribution in [3.63, 3.8) is 0 Å². The van der Waals surface area contributed by atoms with Crippen molar-refractivity contribution in [1.29, 1.82) is 0 Å². The van der Waals surface area contributed by atoms with E-state index in [-0.39, 0.29) is 17.4 Å². The molecule has 0 bridgehead atoms. The van der Waals surface area contributed by atoms with Crippen LogP contribution in [-0.2, 0) is 19.9 Å². The standard InChI is InChI=1S/C32H35N5O3S/c1-5-36(3)31(39)22-14-15-29(33-18-22)34-26-16-23(19-37(4)32(26)40)24-11-9-12-25(20(24)2)35-30(38)28-17-21-10-7-6-8-13-27(21)41-28/h9,11-12,14-19H,5-8,10,13H2,1-4H3,(H,33,34)(H,35,38). The van der Waals surface area contributed by atoms with E-state index in [1.54, 1.807) is 54.7 Å². The molecular weight excluding hydrogens is 534 g/mol. The van der Waals surface area contributed by atoms with Crippen molar-refractivity contribution >= 4 is 40.3 Å². The Labute approximate surface area is 244 Å². The van der Waals surface area contributed by atoms with Gasteiger partial charge < -0.3 is 20.1 Å². The Morgan fingerprint density at radius 3 is 2.63 bits per heavy atom. The van der Waals surface area contributed by atoms with Crippen molar-refractivity contribution in [1.82, 2.24) is 14.5 Å². The van der Waals surface area contributed by atoms with E-state index in [0.717, 1.165) is 40.1 Å². The first kappa shape index (κ1) is 28.3. The van der Waals surface area contributed by atoms with Gasteiger partial charge in [0.05, 0.1) is 10.4 Å². The number of benzene rings is 1. The topological polar surface area (TPSA) is 96.3 Å². The largest absolute Gasteiger partial charge is 0.342 e. The van der Waals surface area contributed by atoms with Crippen LogP contribution in [0, 0.1) is 6.92 Å². The van der Waals surface area contributed by atoms with Gasteiger partial charge in [0.15, 0.2) is 0 Å². The lowest BCUT2D eigenvalue weighted by Crippen LogP contribution is -2.26. The van der Waals surface area contributed by atoms with Crippen LogP contribution >= 0.6 is 11.3 Å². The van der Waals surface area contributed by atoms with Gasteiger partial charge in [0.25, 0.3) is 17.4 Å². The van der Waals surface area contributed by atoms with Gasteiger partial charge in [0.1, 0.15) is 11.5 Å². The number of carbonyl (C=O) groups is 2. The predicted octanol–water partition coefficient (Wildman–Crippen LogP) is 6.17. The molecule has 8 nitrogen and oxygen atoms in total. The molecule has 1 aliphatic rings. The van der Waals surface area contributed by atoms with Gasteiger partial charge >= 0.3 is 0 Å². The SMILES string of the molecule is CCN(C)C(=O)c1ccc(Nc2cc(-c3cccc(NC(=O)c4cc5c(s4)CCCCC5)c3C)cn(C)c2=O)nc1. The Hall–Kier alpha value is -4.24. The summed E-state index contributed by atoms with van der Waals surface area (Å²) in [6.45, 7) is 4.48. The van der Waals surface area contributed by atoms with Gasteiger partial charge in [-0.3, -0.25) is 14.4 Å². The van der Waals surface area contributed by atoms with Crippen molar-refractivity contribution in [2.24, 2.45) is 7.05 Å². The highest BCUT2D eigenvalue weighted by molar-refractivity contribution is 7.14. The summed E-state index contributed by atoms with van der Waals surface area (Å²) < 4.78 is 1.52.